The van der Waals surface area contributed by atoms with Gasteiger partial charge in [-0.1, -0.05) is 38.0 Å². The summed E-state index contributed by atoms with van der Waals surface area (Å²) in [6.07, 6.45) is 5.53. The van der Waals surface area contributed by atoms with E-state index in [1.165, 1.54) is 36.8 Å². The molecule has 0 spiro atoms. The van der Waals surface area contributed by atoms with E-state index in [2.05, 4.69) is 51.3 Å². The van der Waals surface area contributed by atoms with Gasteiger partial charge in [0.1, 0.15) is 0 Å². The minimum atomic E-state index is 0.755. The fraction of sp³-hybridized carbons (Fsp3) is 0.667. The van der Waals surface area contributed by atoms with Gasteiger partial charge < -0.3 is 5.32 Å². The zero-order chi connectivity index (χ0) is 13.8. The molecule has 1 nitrogen and oxygen atoms in total. The van der Waals surface area contributed by atoms with Crippen molar-refractivity contribution < 1.29 is 0 Å². The van der Waals surface area contributed by atoms with Crippen molar-refractivity contribution in [1.29, 1.82) is 0 Å². The Morgan fingerprint density at radius 1 is 1.16 bits per heavy atom. The molecule has 106 valence electrons. The highest BCUT2D eigenvalue weighted by molar-refractivity contribution is 5.32. The molecule has 0 heterocycles. The molecule has 1 N–H and O–H groups in total. The molecule has 0 bridgehead atoms. The molecule has 1 aliphatic rings. The zero-order valence-corrected chi connectivity index (χ0v) is 13.0. The fourth-order valence-corrected chi connectivity index (χ4v) is 3.60. The Bertz CT molecular complexity index is 410. The first-order valence-corrected chi connectivity index (χ1v) is 7.87. The summed E-state index contributed by atoms with van der Waals surface area (Å²) in [5.74, 6) is 2.50. The third-order valence-corrected chi connectivity index (χ3v) is 5.10. The number of nitrogens with one attached hydrogen (secondary N) is 1. The highest BCUT2D eigenvalue weighted by atomic mass is 14.8. The van der Waals surface area contributed by atoms with Crippen LogP contribution >= 0.6 is 0 Å². The third kappa shape index (κ3) is 3.39. The molecule has 1 saturated carbocycles. The van der Waals surface area contributed by atoms with Crippen LogP contribution in [0.15, 0.2) is 18.2 Å². The van der Waals surface area contributed by atoms with Gasteiger partial charge in [0.25, 0.3) is 0 Å². The molecule has 0 aromatic heterocycles. The molecule has 1 heteroatoms. The van der Waals surface area contributed by atoms with Gasteiger partial charge in [-0.2, -0.15) is 0 Å². The Labute approximate surface area is 118 Å². The van der Waals surface area contributed by atoms with E-state index in [0.717, 1.165) is 24.3 Å². The van der Waals surface area contributed by atoms with Gasteiger partial charge in [0.05, 0.1) is 0 Å². The molecule has 1 aromatic rings. The molecular weight excluding hydrogens is 230 g/mol. The predicted octanol–water partition coefficient (Wildman–Crippen LogP) is 4.43. The molecule has 1 aliphatic carbocycles. The van der Waals surface area contributed by atoms with E-state index < -0.39 is 0 Å². The third-order valence-electron chi connectivity index (χ3n) is 5.10. The Morgan fingerprint density at radius 2 is 1.95 bits per heavy atom. The monoisotopic (exact) mass is 259 g/mol. The number of hydrogen-bond donors (Lipinski definition) is 1. The molecule has 1 aromatic carbocycles. The first-order chi connectivity index (χ1) is 9.15. The molecule has 3 atom stereocenters. The smallest absolute Gasteiger partial charge is 0.00177 e. The van der Waals surface area contributed by atoms with Crippen molar-refractivity contribution in [2.75, 3.05) is 13.6 Å². The molecule has 3 unspecified atom stereocenters. The van der Waals surface area contributed by atoms with Crippen LogP contribution in [-0.2, 0) is 0 Å². The van der Waals surface area contributed by atoms with Crippen molar-refractivity contribution in [2.45, 2.75) is 52.4 Å². The molecule has 0 radical (unpaired) electrons. The van der Waals surface area contributed by atoms with Crippen LogP contribution in [-0.4, -0.2) is 13.6 Å². The summed E-state index contributed by atoms with van der Waals surface area (Å²) >= 11 is 0. The first-order valence-electron chi connectivity index (χ1n) is 7.87. The summed E-state index contributed by atoms with van der Waals surface area (Å²) in [7, 11) is 2.09. The van der Waals surface area contributed by atoms with Crippen molar-refractivity contribution >= 4 is 0 Å². The lowest BCUT2D eigenvalue weighted by molar-refractivity contribution is 0.228. The predicted molar refractivity (Wildman–Crippen MR) is 83.7 cm³/mol. The van der Waals surface area contributed by atoms with E-state index in [4.69, 9.17) is 0 Å². The molecule has 2 rings (SSSR count). The second kappa shape index (κ2) is 6.56. The quantitative estimate of drug-likeness (QED) is 0.843. The van der Waals surface area contributed by atoms with Crippen LogP contribution in [0.1, 0.15) is 55.2 Å². The summed E-state index contributed by atoms with van der Waals surface area (Å²) in [6, 6.07) is 7.10. The van der Waals surface area contributed by atoms with E-state index in [-0.39, 0.29) is 0 Å². The first kappa shape index (κ1) is 14.6. The largest absolute Gasteiger partial charge is 0.319 e. The Balaban J connectivity index is 2.22. The molecule has 0 amide bonds. The van der Waals surface area contributed by atoms with Crippen LogP contribution in [0.3, 0.4) is 0 Å². The second-order valence-corrected chi connectivity index (χ2v) is 6.36. The average Bonchev–Trinajstić information content (AvgIpc) is 2.43. The number of rotatable bonds is 4. The average molecular weight is 259 g/mol. The lowest BCUT2D eigenvalue weighted by Gasteiger charge is -2.36. The van der Waals surface area contributed by atoms with Gasteiger partial charge in [0.2, 0.25) is 0 Å². The van der Waals surface area contributed by atoms with Gasteiger partial charge in [-0.25, -0.2) is 0 Å². The Hall–Kier alpha value is -0.820. The van der Waals surface area contributed by atoms with E-state index in [1.807, 2.05) is 0 Å². The minimum Gasteiger partial charge on any atom is -0.319 e. The highest BCUT2D eigenvalue weighted by Gasteiger charge is 2.30. The maximum Gasteiger partial charge on any atom is -0.00177 e. The normalized spacial score (nSPS) is 27.5. The van der Waals surface area contributed by atoms with Crippen molar-refractivity contribution in [3.8, 4) is 0 Å². The van der Waals surface area contributed by atoms with Gasteiger partial charge in [0, 0.05) is 0 Å². The summed E-state index contributed by atoms with van der Waals surface area (Å²) < 4.78 is 0. The highest BCUT2D eigenvalue weighted by Crippen LogP contribution is 2.41. The van der Waals surface area contributed by atoms with Gasteiger partial charge in [-0.3, -0.25) is 0 Å². The van der Waals surface area contributed by atoms with Crippen LogP contribution in [0.5, 0.6) is 0 Å². The van der Waals surface area contributed by atoms with Crippen molar-refractivity contribution in [3.63, 3.8) is 0 Å². The van der Waals surface area contributed by atoms with Gasteiger partial charge in [-0.05, 0) is 74.7 Å². The van der Waals surface area contributed by atoms with Crippen molar-refractivity contribution in [3.05, 3.63) is 34.9 Å². The topological polar surface area (TPSA) is 12.0 Å². The Kier molecular flexibility index (Phi) is 5.04. The molecule has 1 fully saturated rings. The number of benzene rings is 1. The van der Waals surface area contributed by atoms with Crippen LogP contribution in [0.4, 0.5) is 0 Å². The van der Waals surface area contributed by atoms with Crippen LogP contribution in [0.25, 0.3) is 0 Å². The second-order valence-electron chi connectivity index (χ2n) is 6.36. The van der Waals surface area contributed by atoms with Gasteiger partial charge in [0.15, 0.2) is 0 Å². The maximum atomic E-state index is 3.40. The van der Waals surface area contributed by atoms with E-state index in [9.17, 15) is 0 Å². The SMILES string of the molecule is CCC1CCC(CNC)C(c2ccc(C)c(C)c2)C1. The lowest BCUT2D eigenvalue weighted by Crippen LogP contribution is -2.30. The Morgan fingerprint density at radius 3 is 2.58 bits per heavy atom. The van der Waals surface area contributed by atoms with E-state index in [0.29, 0.717) is 0 Å². The summed E-state index contributed by atoms with van der Waals surface area (Å²) in [5, 5.41) is 3.40. The lowest BCUT2D eigenvalue weighted by atomic mass is 9.70. The molecule has 0 aliphatic heterocycles. The molecule has 0 saturated heterocycles. The van der Waals surface area contributed by atoms with Crippen LogP contribution < -0.4 is 5.32 Å². The van der Waals surface area contributed by atoms with Crippen LogP contribution in [0.2, 0.25) is 0 Å². The summed E-state index contributed by atoms with van der Waals surface area (Å²) in [6.45, 7) is 7.96. The summed E-state index contributed by atoms with van der Waals surface area (Å²) in [4.78, 5) is 0. The maximum absolute atomic E-state index is 3.40. The zero-order valence-electron chi connectivity index (χ0n) is 13.0. The van der Waals surface area contributed by atoms with Crippen molar-refractivity contribution in [1.82, 2.24) is 5.32 Å². The molecular formula is C18H29N. The number of aryl methyl sites for hydroxylation is 2. The van der Waals surface area contributed by atoms with Crippen molar-refractivity contribution in [2.24, 2.45) is 11.8 Å². The van der Waals surface area contributed by atoms with E-state index in [1.54, 1.807) is 5.56 Å². The molecule has 19 heavy (non-hydrogen) atoms. The van der Waals surface area contributed by atoms with Gasteiger partial charge >= 0.3 is 0 Å². The van der Waals surface area contributed by atoms with Crippen LogP contribution in [0, 0.1) is 25.7 Å². The minimum absolute atomic E-state index is 0.755. The number of hydrogen-bond acceptors (Lipinski definition) is 1. The fourth-order valence-electron chi connectivity index (χ4n) is 3.60. The van der Waals surface area contributed by atoms with Gasteiger partial charge in [-0.15, -0.1) is 0 Å². The van der Waals surface area contributed by atoms with E-state index >= 15 is 0 Å². The standard InChI is InChI=1S/C18H29N/c1-5-15-7-9-17(12-19-4)18(11-15)16-8-6-13(2)14(3)10-16/h6,8,10,15,17-19H,5,7,9,11-12H2,1-4H3. The summed E-state index contributed by atoms with van der Waals surface area (Å²) in [5.41, 5.74) is 4.43.